The van der Waals surface area contributed by atoms with Crippen LogP contribution in [0.3, 0.4) is 0 Å². The fourth-order valence-electron chi connectivity index (χ4n) is 1.65. The fourth-order valence-corrected chi connectivity index (χ4v) is 5.86. The minimum Gasteiger partial charge on any atom is -0.0692 e. The molecule has 0 amide bonds. The Balaban J connectivity index is 5.70. The Labute approximate surface area is 274 Å². The summed E-state index contributed by atoms with van der Waals surface area (Å²) in [6, 6.07) is 0. The van der Waals surface area contributed by atoms with Crippen molar-refractivity contribution in [2.24, 2.45) is 5.92 Å². The van der Waals surface area contributed by atoms with Crippen LogP contribution in [0.5, 0.6) is 0 Å². The van der Waals surface area contributed by atoms with E-state index in [9.17, 15) is 0 Å². The van der Waals surface area contributed by atoms with Crippen molar-refractivity contribution in [2.45, 2.75) is 35.4 Å². The van der Waals surface area contributed by atoms with Crippen LogP contribution in [0.25, 0.3) is 0 Å². The van der Waals surface area contributed by atoms with Gasteiger partial charge in [-0.1, -0.05) is 239 Å². The van der Waals surface area contributed by atoms with Gasteiger partial charge in [-0.05, 0) is 25.2 Å². The van der Waals surface area contributed by atoms with E-state index in [1.165, 1.54) is 0 Å². The second kappa shape index (κ2) is 11.8. The van der Waals surface area contributed by atoms with Crippen molar-refractivity contribution >= 4 is 239 Å². The first-order chi connectivity index (χ1) is 10.5. The summed E-state index contributed by atoms with van der Waals surface area (Å²) in [6.45, 7) is 0. The first kappa shape index (κ1) is 32.2. The lowest BCUT2D eigenvalue weighted by Gasteiger charge is -2.41. The van der Waals surface area contributed by atoms with Crippen LogP contribution in [0.15, 0.2) is 0 Å². The van der Waals surface area contributed by atoms with Gasteiger partial charge in [0.25, 0.3) is 0 Å². The largest absolute Gasteiger partial charge is 0.159 e. The quantitative estimate of drug-likeness (QED) is 0.233. The molecule has 0 aromatic rings. The minimum atomic E-state index is -0.524. The van der Waals surface area contributed by atoms with Crippen LogP contribution in [0.1, 0.15) is 19.3 Å². The van der Waals surface area contributed by atoms with Gasteiger partial charge in [0.05, 0.1) is 0 Å². The molecule has 0 unspecified atom stereocenters. The Morgan fingerprint density at radius 2 is 0.520 bits per heavy atom. The molecule has 0 radical (unpaired) electrons. The molecule has 0 fully saturated rings. The molecule has 0 N–H and O–H groups in total. The fraction of sp³-hybridized carbons (Fsp3) is 1.00. The molecule has 0 saturated heterocycles. The maximum Gasteiger partial charge on any atom is 0.159 e. The molecular formula is C10H7Br15. The summed E-state index contributed by atoms with van der Waals surface area (Å²) in [5.41, 5.74) is 0. The van der Waals surface area contributed by atoms with Crippen molar-refractivity contribution < 1.29 is 0 Å². The molecular weight excluding hydrogens is 1320 g/mol. The van der Waals surface area contributed by atoms with Crippen LogP contribution in [-0.2, 0) is 0 Å². The molecule has 15 heteroatoms. The molecule has 0 nitrogen and oxygen atoms in total. The molecule has 152 valence electrons. The van der Waals surface area contributed by atoms with Gasteiger partial charge >= 0.3 is 0 Å². The summed E-state index contributed by atoms with van der Waals surface area (Å²) >= 11 is 55.0. The van der Waals surface area contributed by atoms with Crippen LogP contribution in [0.4, 0.5) is 0 Å². The normalized spacial score (nSPS) is 15.8. The zero-order valence-corrected chi connectivity index (χ0v) is 35.2. The molecule has 0 aliphatic heterocycles. The summed E-state index contributed by atoms with van der Waals surface area (Å²) in [5.74, 6) is 0.210. The predicted molar refractivity (Wildman–Crippen MR) is 168 cm³/mol. The molecule has 0 aromatic heterocycles. The number of halogens is 15. The van der Waals surface area contributed by atoms with Gasteiger partial charge in [0, 0.05) is 0 Å². The number of hydrogen-bond acceptors (Lipinski definition) is 0. The number of rotatable bonds is 6. The van der Waals surface area contributed by atoms with E-state index in [-0.39, 0.29) is 5.92 Å². The zero-order chi connectivity index (χ0) is 20.7. The monoisotopic (exact) mass is 1310 g/mol. The first-order valence-electron chi connectivity index (χ1n) is 5.87. The van der Waals surface area contributed by atoms with Crippen molar-refractivity contribution in [1.82, 2.24) is 0 Å². The minimum absolute atomic E-state index is 0.210. The van der Waals surface area contributed by atoms with E-state index < -0.39 is 16.1 Å². The molecule has 0 heterocycles. The average Bonchev–Trinajstić information content (AvgIpc) is 2.21. The highest BCUT2D eigenvalue weighted by Gasteiger charge is 2.52. The van der Waals surface area contributed by atoms with Crippen LogP contribution < -0.4 is 0 Å². The second-order valence-electron chi connectivity index (χ2n) is 5.09. The molecule has 0 spiro atoms. The molecule has 0 saturated carbocycles. The van der Waals surface area contributed by atoms with Gasteiger partial charge in [-0.2, -0.15) is 0 Å². The summed E-state index contributed by atoms with van der Waals surface area (Å²) in [7, 11) is 0. The van der Waals surface area contributed by atoms with Crippen molar-refractivity contribution in [1.29, 1.82) is 0 Å². The standard InChI is InChI=1S/C10H7Br15/c11-5(12,8(17,18)19)1-4(2-6(13,14)9(20,21)22)3-7(15,16)10(23,24)25/h4H,1-3H2. The summed E-state index contributed by atoms with van der Waals surface area (Å²) < 4.78 is -2.93. The van der Waals surface area contributed by atoms with E-state index in [1.54, 1.807) is 0 Å². The first-order valence-corrected chi connectivity index (χ1v) is 17.8. The summed E-state index contributed by atoms with van der Waals surface area (Å²) in [5, 5.41) is 0. The highest BCUT2D eigenvalue weighted by molar-refractivity contribution is 9.42. The Bertz CT molecular complexity index is 370. The maximum atomic E-state index is 3.76. The van der Waals surface area contributed by atoms with E-state index in [0.717, 1.165) is 19.3 Å². The van der Waals surface area contributed by atoms with E-state index >= 15 is 0 Å². The third-order valence-electron chi connectivity index (χ3n) is 2.88. The molecule has 0 aromatic carbocycles. The molecule has 0 bridgehead atoms. The molecule has 0 aliphatic rings. The molecule has 25 heavy (non-hydrogen) atoms. The Morgan fingerprint density at radius 1 is 0.360 bits per heavy atom. The van der Waals surface area contributed by atoms with Crippen molar-refractivity contribution in [2.75, 3.05) is 0 Å². The predicted octanol–water partition coefficient (Wildman–Crippen LogP) is 12.7. The lowest BCUT2D eigenvalue weighted by Crippen LogP contribution is -2.39. The SMILES string of the molecule is BrC(Br)(Br)C(Br)(Br)CC(CC(Br)(Br)C(Br)(Br)Br)CC(Br)(Br)C(Br)(Br)Br. The van der Waals surface area contributed by atoms with Crippen molar-refractivity contribution in [3.8, 4) is 0 Å². The van der Waals surface area contributed by atoms with Crippen LogP contribution in [0, 0.1) is 5.92 Å². The Kier molecular flexibility index (Phi) is 15.1. The van der Waals surface area contributed by atoms with E-state index in [0.29, 0.717) is 0 Å². The highest BCUT2D eigenvalue weighted by atomic mass is 80.0. The molecule has 0 rings (SSSR count). The van der Waals surface area contributed by atoms with E-state index in [2.05, 4.69) is 239 Å². The molecule has 0 atom stereocenters. The van der Waals surface area contributed by atoms with Gasteiger partial charge in [-0.3, -0.25) is 0 Å². The van der Waals surface area contributed by atoms with Gasteiger partial charge in [0.2, 0.25) is 0 Å². The van der Waals surface area contributed by atoms with Crippen LogP contribution in [0.2, 0.25) is 0 Å². The van der Waals surface area contributed by atoms with Gasteiger partial charge in [-0.15, -0.1) is 0 Å². The van der Waals surface area contributed by atoms with Gasteiger partial charge in [0.15, 0.2) is 6.43 Å². The number of hydrogen-bond donors (Lipinski definition) is 0. The summed E-state index contributed by atoms with van der Waals surface area (Å²) in [6.07, 6.45) is 2.29. The lowest BCUT2D eigenvalue weighted by atomic mass is 9.93. The topological polar surface area (TPSA) is 0 Å². The second-order valence-corrected chi connectivity index (χ2v) is 36.7. The van der Waals surface area contributed by atoms with E-state index in [1.807, 2.05) is 0 Å². The maximum absolute atomic E-state index is 3.76. The third kappa shape index (κ3) is 11.0. The van der Waals surface area contributed by atoms with Gasteiger partial charge < -0.3 is 0 Å². The third-order valence-corrected chi connectivity index (χ3v) is 24.1. The van der Waals surface area contributed by atoms with E-state index in [4.69, 9.17) is 0 Å². The number of alkyl halides is 15. The zero-order valence-electron chi connectivity index (χ0n) is 11.4. The Morgan fingerprint density at radius 3 is 0.640 bits per heavy atom. The highest BCUT2D eigenvalue weighted by Crippen LogP contribution is 2.62. The lowest BCUT2D eigenvalue weighted by molar-refractivity contribution is 0.401. The van der Waals surface area contributed by atoms with Crippen molar-refractivity contribution in [3.05, 3.63) is 0 Å². The Hall–Kier alpha value is 7.20. The van der Waals surface area contributed by atoms with Gasteiger partial charge in [-0.25, -0.2) is 0 Å². The smallest absolute Gasteiger partial charge is 0.0692 e. The summed E-state index contributed by atoms with van der Waals surface area (Å²) in [4.78, 5) is 0. The van der Waals surface area contributed by atoms with Crippen LogP contribution in [-0.4, -0.2) is 16.1 Å². The van der Waals surface area contributed by atoms with Gasteiger partial charge in [0.1, 0.15) is 9.70 Å². The average molecular weight is 1330 g/mol. The van der Waals surface area contributed by atoms with Crippen molar-refractivity contribution in [3.63, 3.8) is 0 Å². The van der Waals surface area contributed by atoms with Crippen LogP contribution >= 0.6 is 239 Å². The molecule has 0 aliphatic carbocycles.